The summed E-state index contributed by atoms with van der Waals surface area (Å²) in [6.45, 7) is 7.20. The Bertz CT molecular complexity index is 995. The molecule has 0 aliphatic heterocycles. The molecule has 0 saturated carbocycles. The fourth-order valence-electron chi connectivity index (χ4n) is 3.50. The number of amides is 2. The Labute approximate surface area is 177 Å². The minimum atomic E-state index is 0.0163. The van der Waals surface area contributed by atoms with Gasteiger partial charge in [-0.1, -0.05) is 49.4 Å². The van der Waals surface area contributed by atoms with Crippen LogP contribution in [0.3, 0.4) is 0 Å². The van der Waals surface area contributed by atoms with E-state index in [-0.39, 0.29) is 24.4 Å². The summed E-state index contributed by atoms with van der Waals surface area (Å²) in [6.07, 6.45) is 1.03. The molecule has 0 bridgehead atoms. The predicted molar refractivity (Wildman–Crippen MR) is 119 cm³/mol. The molecule has 0 spiro atoms. The molecule has 0 aliphatic rings. The summed E-state index contributed by atoms with van der Waals surface area (Å²) in [4.78, 5) is 31.5. The standard InChI is InChI=1S/C24H30N4O2/c1-4-23(29)25-15-14-22-26-20-12-8-9-13-21(20)28(22)17-24(30)27(18(2)3)16-19-10-6-5-7-11-19/h5-13,18H,4,14-17H2,1-3H3,(H,25,29). The zero-order valence-electron chi connectivity index (χ0n) is 18.0. The molecule has 1 heterocycles. The van der Waals surface area contributed by atoms with E-state index in [0.29, 0.717) is 25.9 Å². The number of carbonyl (C=O) groups is 2. The summed E-state index contributed by atoms with van der Waals surface area (Å²) in [6, 6.07) is 18.0. The van der Waals surface area contributed by atoms with Crippen molar-refractivity contribution in [1.29, 1.82) is 0 Å². The molecule has 0 saturated heterocycles. The van der Waals surface area contributed by atoms with Crippen LogP contribution in [-0.2, 0) is 29.1 Å². The Balaban J connectivity index is 1.82. The second kappa shape index (κ2) is 10.1. The highest BCUT2D eigenvalue weighted by Crippen LogP contribution is 2.18. The number of nitrogens with zero attached hydrogens (tertiary/aromatic N) is 3. The van der Waals surface area contributed by atoms with E-state index in [1.165, 1.54) is 0 Å². The van der Waals surface area contributed by atoms with Crippen LogP contribution in [0.25, 0.3) is 11.0 Å². The fraction of sp³-hybridized carbons (Fsp3) is 0.375. The molecular formula is C24H30N4O2. The molecule has 0 fully saturated rings. The maximum atomic E-state index is 13.3. The monoisotopic (exact) mass is 406 g/mol. The van der Waals surface area contributed by atoms with Gasteiger partial charge in [-0.2, -0.15) is 0 Å². The summed E-state index contributed by atoms with van der Waals surface area (Å²) in [5.74, 6) is 0.878. The summed E-state index contributed by atoms with van der Waals surface area (Å²) in [5.41, 5.74) is 2.91. The Morgan fingerprint density at radius 1 is 1.07 bits per heavy atom. The molecule has 0 aliphatic carbocycles. The van der Waals surface area contributed by atoms with E-state index in [1.54, 1.807) is 0 Å². The van der Waals surface area contributed by atoms with Gasteiger partial charge in [-0.15, -0.1) is 0 Å². The minimum Gasteiger partial charge on any atom is -0.356 e. The number of nitrogens with one attached hydrogen (secondary N) is 1. The van der Waals surface area contributed by atoms with Gasteiger partial charge < -0.3 is 14.8 Å². The van der Waals surface area contributed by atoms with Gasteiger partial charge in [0.25, 0.3) is 0 Å². The van der Waals surface area contributed by atoms with Crippen molar-refractivity contribution in [3.8, 4) is 0 Å². The highest BCUT2D eigenvalue weighted by Gasteiger charge is 2.20. The minimum absolute atomic E-state index is 0.0163. The number of hydrogen-bond acceptors (Lipinski definition) is 3. The topological polar surface area (TPSA) is 67.2 Å². The zero-order valence-corrected chi connectivity index (χ0v) is 18.0. The third-order valence-corrected chi connectivity index (χ3v) is 5.16. The molecule has 6 heteroatoms. The normalized spacial score (nSPS) is 11.1. The van der Waals surface area contributed by atoms with Gasteiger partial charge >= 0.3 is 0 Å². The first-order chi connectivity index (χ1) is 14.5. The van der Waals surface area contributed by atoms with Crippen molar-refractivity contribution in [2.75, 3.05) is 6.54 Å². The fourth-order valence-corrected chi connectivity index (χ4v) is 3.50. The highest BCUT2D eigenvalue weighted by atomic mass is 16.2. The van der Waals surface area contributed by atoms with Gasteiger partial charge in [0.15, 0.2) is 0 Å². The lowest BCUT2D eigenvalue weighted by molar-refractivity contribution is -0.134. The molecule has 30 heavy (non-hydrogen) atoms. The SMILES string of the molecule is CCC(=O)NCCc1nc2ccccc2n1CC(=O)N(Cc1ccccc1)C(C)C. The largest absolute Gasteiger partial charge is 0.356 e. The first-order valence-electron chi connectivity index (χ1n) is 10.5. The smallest absolute Gasteiger partial charge is 0.243 e. The van der Waals surface area contributed by atoms with Crippen LogP contribution in [0.1, 0.15) is 38.6 Å². The van der Waals surface area contributed by atoms with Crippen LogP contribution in [0.2, 0.25) is 0 Å². The van der Waals surface area contributed by atoms with Crippen molar-refractivity contribution in [3.63, 3.8) is 0 Å². The van der Waals surface area contributed by atoms with E-state index in [0.717, 1.165) is 22.4 Å². The lowest BCUT2D eigenvalue weighted by atomic mass is 10.2. The maximum Gasteiger partial charge on any atom is 0.243 e. The van der Waals surface area contributed by atoms with Crippen LogP contribution >= 0.6 is 0 Å². The van der Waals surface area contributed by atoms with Crippen molar-refractivity contribution in [1.82, 2.24) is 19.8 Å². The number of para-hydroxylation sites is 2. The van der Waals surface area contributed by atoms with Gasteiger partial charge in [-0.05, 0) is 31.5 Å². The summed E-state index contributed by atoms with van der Waals surface area (Å²) >= 11 is 0. The number of rotatable bonds is 9. The molecule has 0 radical (unpaired) electrons. The number of imidazole rings is 1. The molecule has 3 aromatic rings. The maximum absolute atomic E-state index is 13.3. The molecule has 6 nitrogen and oxygen atoms in total. The molecule has 158 valence electrons. The van der Waals surface area contributed by atoms with E-state index < -0.39 is 0 Å². The van der Waals surface area contributed by atoms with Crippen LogP contribution in [0, 0.1) is 0 Å². The highest BCUT2D eigenvalue weighted by molar-refractivity contribution is 5.81. The Morgan fingerprint density at radius 2 is 1.77 bits per heavy atom. The number of aromatic nitrogens is 2. The quantitative estimate of drug-likeness (QED) is 0.591. The average Bonchev–Trinajstić information content (AvgIpc) is 3.09. The molecular weight excluding hydrogens is 376 g/mol. The summed E-state index contributed by atoms with van der Waals surface area (Å²) in [5, 5.41) is 2.89. The van der Waals surface area contributed by atoms with Gasteiger partial charge in [0.2, 0.25) is 11.8 Å². The number of benzene rings is 2. The van der Waals surface area contributed by atoms with Gasteiger partial charge in [-0.25, -0.2) is 4.98 Å². The Morgan fingerprint density at radius 3 is 2.47 bits per heavy atom. The molecule has 0 unspecified atom stereocenters. The van der Waals surface area contributed by atoms with Gasteiger partial charge in [0, 0.05) is 32.0 Å². The van der Waals surface area contributed by atoms with E-state index in [2.05, 4.69) is 5.32 Å². The van der Waals surface area contributed by atoms with Crippen LogP contribution in [0.15, 0.2) is 54.6 Å². The first-order valence-corrected chi connectivity index (χ1v) is 10.5. The van der Waals surface area contributed by atoms with Crippen molar-refractivity contribution in [3.05, 3.63) is 66.0 Å². The van der Waals surface area contributed by atoms with Gasteiger partial charge in [-0.3, -0.25) is 9.59 Å². The Kier molecular flexibility index (Phi) is 7.22. The van der Waals surface area contributed by atoms with E-state index in [4.69, 9.17) is 4.98 Å². The summed E-state index contributed by atoms with van der Waals surface area (Å²) < 4.78 is 1.98. The molecule has 2 aromatic carbocycles. The molecule has 3 rings (SSSR count). The number of hydrogen-bond donors (Lipinski definition) is 1. The third-order valence-electron chi connectivity index (χ3n) is 5.16. The molecule has 0 atom stereocenters. The van der Waals surface area contributed by atoms with Gasteiger partial charge in [0.1, 0.15) is 12.4 Å². The Hall–Kier alpha value is -3.15. The van der Waals surface area contributed by atoms with Crippen molar-refractivity contribution >= 4 is 22.8 Å². The lowest BCUT2D eigenvalue weighted by Crippen LogP contribution is -2.39. The second-order valence-corrected chi connectivity index (χ2v) is 7.66. The van der Waals surface area contributed by atoms with Crippen molar-refractivity contribution in [2.24, 2.45) is 0 Å². The first kappa shape index (κ1) is 21.6. The van der Waals surface area contributed by atoms with Crippen molar-refractivity contribution < 1.29 is 9.59 Å². The number of carbonyl (C=O) groups excluding carboxylic acids is 2. The average molecular weight is 407 g/mol. The molecule has 1 aromatic heterocycles. The lowest BCUT2D eigenvalue weighted by Gasteiger charge is -2.27. The molecule has 1 N–H and O–H groups in total. The van der Waals surface area contributed by atoms with Crippen LogP contribution in [-0.4, -0.2) is 38.9 Å². The predicted octanol–water partition coefficient (Wildman–Crippen LogP) is 3.54. The van der Waals surface area contributed by atoms with Gasteiger partial charge in [0.05, 0.1) is 11.0 Å². The van der Waals surface area contributed by atoms with E-state index in [9.17, 15) is 9.59 Å². The van der Waals surface area contributed by atoms with Crippen LogP contribution in [0.4, 0.5) is 0 Å². The van der Waals surface area contributed by atoms with Crippen LogP contribution in [0.5, 0.6) is 0 Å². The van der Waals surface area contributed by atoms with Crippen LogP contribution < -0.4 is 5.32 Å². The molecule has 2 amide bonds. The van der Waals surface area contributed by atoms with Crippen molar-refractivity contribution in [2.45, 2.75) is 52.7 Å². The second-order valence-electron chi connectivity index (χ2n) is 7.66. The van der Waals surface area contributed by atoms with E-state index >= 15 is 0 Å². The zero-order chi connectivity index (χ0) is 21.5. The third kappa shape index (κ3) is 5.26. The number of fused-ring (bicyclic) bond motifs is 1. The van der Waals surface area contributed by atoms with E-state index in [1.807, 2.05) is 84.8 Å². The summed E-state index contributed by atoms with van der Waals surface area (Å²) in [7, 11) is 0.